The van der Waals surface area contributed by atoms with E-state index >= 15 is 0 Å². The maximum atomic E-state index is 3.67. The highest BCUT2D eigenvalue weighted by molar-refractivity contribution is 9.09. The van der Waals surface area contributed by atoms with Gasteiger partial charge in [0.15, 0.2) is 0 Å². The van der Waals surface area contributed by atoms with Gasteiger partial charge < -0.3 is 0 Å². The molecule has 2 rings (SSSR count). The van der Waals surface area contributed by atoms with E-state index in [0.29, 0.717) is 4.83 Å². The van der Waals surface area contributed by atoms with Gasteiger partial charge in [-0.2, -0.15) is 0 Å². The lowest BCUT2D eigenvalue weighted by Gasteiger charge is -2.30. The van der Waals surface area contributed by atoms with Crippen LogP contribution in [-0.2, 0) is 0 Å². The van der Waals surface area contributed by atoms with Crippen LogP contribution in [0.4, 0.5) is 0 Å². The summed E-state index contributed by atoms with van der Waals surface area (Å²) in [7, 11) is 0. The van der Waals surface area contributed by atoms with E-state index in [9.17, 15) is 0 Å². The third kappa shape index (κ3) is 3.23. The normalized spacial score (nSPS) is 38.9. The van der Waals surface area contributed by atoms with Crippen LogP contribution in [0.3, 0.4) is 0 Å². The van der Waals surface area contributed by atoms with Gasteiger partial charge in [0.25, 0.3) is 0 Å². The highest BCUT2D eigenvalue weighted by atomic mass is 79.9. The second kappa shape index (κ2) is 6.05. The van der Waals surface area contributed by atoms with Gasteiger partial charge in [0.1, 0.15) is 0 Å². The summed E-state index contributed by atoms with van der Waals surface area (Å²) in [6.45, 7) is 2.29. The van der Waals surface area contributed by atoms with Crippen molar-refractivity contribution in [3.63, 3.8) is 0 Å². The molecule has 4 atom stereocenters. The summed E-state index contributed by atoms with van der Waals surface area (Å²) < 4.78 is 0. The lowest BCUT2D eigenvalue weighted by Crippen LogP contribution is -2.19. The van der Waals surface area contributed by atoms with Crippen molar-refractivity contribution in [2.75, 3.05) is 0 Å². The Hall–Kier alpha value is -0.0400. The molecular weight excluding hydrogens is 260 g/mol. The van der Waals surface area contributed by atoms with E-state index in [1.54, 1.807) is 0 Å². The quantitative estimate of drug-likeness (QED) is 0.499. The van der Waals surface area contributed by atoms with Crippen LogP contribution in [0.1, 0.15) is 45.4 Å². The minimum absolute atomic E-state index is 0.629. The summed E-state index contributed by atoms with van der Waals surface area (Å²) in [4.78, 5) is 0.629. The van der Waals surface area contributed by atoms with Gasteiger partial charge in [0, 0.05) is 4.83 Å². The Morgan fingerprint density at radius 1 is 0.938 bits per heavy atom. The molecule has 2 aliphatic rings. The van der Waals surface area contributed by atoms with Gasteiger partial charge in [-0.15, -0.1) is 0 Å². The molecule has 0 saturated heterocycles. The Morgan fingerprint density at radius 3 is 2.12 bits per heavy atom. The molecule has 0 amide bonds. The van der Waals surface area contributed by atoms with Crippen LogP contribution < -0.4 is 0 Å². The van der Waals surface area contributed by atoms with E-state index in [1.165, 1.54) is 38.5 Å². The number of rotatable bonds is 3. The number of allylic oxidation sites excluding steroid dienone is 4. The number of hydrogen-bond donors (Lipinski definition) is 0. The summed E-state index contributed by atoms with van der Waals surface area (Å²) in [6.07, 6.45) is 18.0. The van der Waals surface area contributed by atoms with Crippen LogP contribution >= 0.6 is 15.9 Å². The number of hydrogen-bond acceptors (Lipinski definition) is 0. The predicted octanol–water partition coefficient (Wildman–Crippen LogP) is 5.10. The third-order valence-corrected chi connectivity index (χ3v) is 4.82. The van der Waals surface area contributed by atoms with E-state index in [2.05, 4.69) is 47.2 Å². The predicted molar refractivity (Wildman–Crippen MR) is 74.8 cm³/mol. The molecule has 0 radical (unpaired) electrons. The van der Waals surface area contributed by atoms with Gasteiger partial charge in [-0.25, -0.2) is 0 Å². The van der Waals surface area contributed by atoms with Crippen molar-refractivity contribution in [2.45, 2.75) is 50.3 Å². The van der Waals surface area contributed by atoms with Crippen LogP contribution in [0.5, 0.6) is 0 Å². The minimum Gasteiger partial charge on any atom is -0.0851 e. The molecule has 0 nitrogen and oxygen atoms in total. The smallest absolute Gasteiger partial charge is 0.0325 e. The lowest BCUT2D eigenvalue weighted by atomic mass is 9.76. The molecule has 1 heteroatoms. The van der Waals surface area contributed by atoms with Crippen molar-refractivity contribution in [1.29, 1.82) is 0 Å². The van der Waals surface area contributed by atoms with Crippen molar-refractivity contribution < 1.29 is 0 Å². The van der Waals surface area contributed by atoms with Crippen molar-refractivity contribution in [1.82, 2.24) is 0 Å². The molecule has 0 fully saturated rings. The Labute approximate surface area is 108 Å². The number of alkyl halides is 1. The molecule has 0 saturated carbocycles. The van der Waals surface area contributed by atoms with Crippen molar-refractivity contribution in [3.05, 3.63) is 24.3 Å². The van der Waals surface area contributed by atoms with Crippen LogP contribution in [0.2, 0.25) is 0 Å². The third-order valence-electron chi connectivity index (χ3n) is 4.05. The van der Waals surface area contributed by atoms with Crippen LogP contribution in [0.15, 0.2) is 24.3 Å². The molecule has 0 spiro atoms. The zero-order valence-electron chi connectivity index (χ0n) is 10.2. The van der Waals surface area contributed by atoms with E-state index in [1.807, 2.05) is 0 Å². The van der Waals surface area contributed by atoms with Gasteiger partial charge in [-0.1, -0.05) is 53.6 Å². The fraction of sp³-hybridized carbons (Fsp3) is 0.733. The van der Waals surface area contributed by atoms with Crippen molar-refractivity contribution >= 4 is 15.9 Å². The Bertz CT molecular complexity index is 267. The summed E-state index contributed by atoms with van der Waals surface area (Å²) in [6, 6.07) is 0. The first-order chi connectivity index (χ1) is 7.79. The molecule has 0 heterocycles. The van der Waals surface area contributed by atoms with Gasteiger partial charge in [0.2, 0.25) is 0 Å². The first-order valence-electron chi connectivity index (χ1n) is 6.80. The maximum Gasteiger partial charge on any atom is 0.0325 e. The Morgan fingerprint density at radius 2 is 1.62 bits per heavy atom. The van der Waals surface area contributed by atoms with E-state index in [-0.39, 0.29) is 0 Å². The van der Waals surface area contributed by atoms with E-state index in [4.69, 9.17) is 0 Å². The molecule has 4 unspecified atom stereocenters. The molecular formula is C15H23Br. The molecule has 0 aromatic carbocycles. The second-order valence-electron chi connectivity index (χ2n) is 5.32. The zero-order chi connectivity index (χ0) is 11.4. The first kappa shape index (κ1) is 12.4. The van der Waals surface area contributed by atoms with E-state index in [0.717, 1.165) is 17.8 Å². The van der Waals surface area contributed by atoms with Crippen LogP contribution in [0, 0.1) is 17.8 Å². The summed E-state index contributed by atoms with van der Waals surface area (Å²) >= 11 is 3.67. The standard InChI is InChI=1S/C15H23Br/c1-2-3-12-4-6-13(7-5-12)14-8-10-15(16)11-9-14/h4,6,8,10,12-15H,2-3,5,7,9,11H2,1H3. The first-order valence-corrected chi connectivity index (χ1v) is 7.72. The fourth-order valence-corrected chi connectivity index (χ4v) is 3.47. The summed E-state index contributed by atoms with van der Waals surface area (Å²) in [5.41, 5.74) is 0. The van der Waals surface area contributed by atoms with Crippen molar-refractivity contribution in [3.8, 4) is 0 Å². The Kier molecular flexibility index (Phi) is 4.69. The van der Waals surface area contributed by atoms with Crippen molar-refractivity contribution in [2.24, 2.45) is 17.8 Å². The van der Waals surface area contributed by atoms with Gasteiger partial charge in [-0.05, 0) is 49.9 Å². The average Bonchev–Trinajstić information content (AvgIpc) is 2.32. The number of halogens is 1. The van der Waals surface area contributed by atoms with Crippen LogP contribution in [-0.4, -0.2) is 4.83 Å². The highest BCUT2D eigenvalue weighted by Gasteiger charge is 2.24. The van der Waals surface area contributed by atoms with Crippen LogP contribution in [0.25, 0.3) is 0 Å². The molecule has 0 aliphatic heterocycles. The monoisotopic (exact) mass is 282 g/mol. The average molecular weight is 283 g/mol. The molecule has 0 N–H and O–H groups in total. The van der Waals surface area contributed by atoms with E-state index < -0.39 is 0 Å². The molecule has 0 aromatic rings. The maximum absolute atomic E-state index is 3.67. The molecule has 0 aromatic heterocycles. The molecule has 16 heavy (non-hydrogen) atoms. The van der Waals surface area contributed by atoms with Gasteiger partial charge >= 0.3 is 0 Å². The SMILES string of the molecule is CCCC1C=CC(C2C=CC(Br)CC2)CC1. The minimum atomic E-state index is 0.629. The fourth-order valence-electron chi connectivity index (χ4n) is 3.03. The molecule has 0 bridgehead atoms. The topological polar surface area (TPSA) is 0 Å². The highest BCUT2D eigenvalue weighted by Crippen LogP contribution is 2.35. The Balaban J connectivity index is 1.88. The van der Waals surface area contributed by atoms with Gasteiger partial charge in [-0.3, -0.25) is 0 Å². The summed E-state index contributed by atoms with van der Waals surface area (Å²) in [5, 5.41) is 0. The molecule has 2 aliphatic carbocycles. The lowest BCUT2D eigenvalue weighted by molar-refractivity contribution is 0.348. The second-order valence-corrected chi connectivity index (χ2v) is 6.49. The zero-order valence-corrected chi connectivity index (χ0v) is 11.8. The summed E-state index contributed by atoms with van der Waals surface area (Å²) in [5.74, 6) is 2.51. The molecule has 90 valence electrons. The van der Waals surface area contributed by atoms with Gasteiger partial charge in [0.05, 0.1) is 0 Å². The largest absolute Gasteiger partial charge is 0.0851 e.